The molecule has 0 aliphatic carbocycles. The maximum Gasteiger partial charge on any atom is 0.318 e. The van der Waals surface area contributed by atoms with Crippen LogP contribution in [-0.2, 0) is 0 Å². The summed E-state index contributed by atoms with van der Waals surface area (Å²) in [7, 11) is 0. The number of nitro groups is 2. The summed E-state index contributed by atoms with van der Waals surface area (Å²) in [5.41, 5.74) is 0.949. The highest BCUT2D eigenvalue weighted by Gasteiger charge is 2.21. The Morgan fingerprint density at radius 1 is 1.03 bits per heavy atom. The van der Waals surface area contributed by atoms with Gasteiger partial charge in [0.1, 0.15) is 22.9 Å². The number of hydrogen-bond acceptors (Lipinski definition) is 8. The second-order valence-electron chi connectivity index (χ2n) is 6.50. The highest BCUT2D eigenvalue weighted by Crippen LogP contribution is 2.35. The SMILES string of the molecule is N#C/C(=C/c1cccc(Oc2ccc([N+](=O)[O-])cc2[N+](=O)[O-])c1)c1nc2ccccc2o1. The molecular formula is C22H12N4O6. The molecule has 3 aromatic carbocycles. The van der Waals surface area contributed by atoms with Crippen molar-refractivity contribution in [1.29, 1.82) is 5.26 Å². The molecule has 4 rings (SSSR count). The molecule has 0 radical (unpaired) electrons. The van der Waals surface area contributed by atoms with Crippen molar-refractivity contribution < 1.29 is 19.0 Å². The number of nitrogens with zero attached hydrogens (tertiary/aromatic N) is 4. The molecule has 0 amide bonds. The number of para-hydroxylation sites is 2. The van der Waals surface area contributed by atoms with Crippen LogP contribution in [-0.4, -0.2) is 14.8 Å². The Morgan fingerprint density at radius 3 is 2.56 bits per heavy atom. The van der Waals surface area contributed by atoms with Crippen molar-refractivity contribution >= 4 is 34.1 Å². The second kappa shape index (κ2) is 8.37. The number of nitriles is 1. The van der Waals surface area contributed by atoms with E-state index >= 15 is 0 Å². The van der Waals surface area contributed by atoms with Gasteiger partial charge in [0.2, 0.25) is 11.6 Å². The number of fused-ring (bicyclic) bond motifs is 1. The van der Waals surface area contributed by atoms with Gasteiger partial charge in [-0.05, 0) is 42.0 Å². The fourth-order valence-electron chi connectivity index (χ4n) is 2.94. The van der Waals surface area contributed by atoms with Crippen molar-refractivity contribution in [3.8, 4) is 17.6 Å². The third-order valence-corrected chi connectivity index (χ3v) is 4.39. The third-order valence-electron chi connectivity index (χ3n) is 4.39. The monoisotopic (exact) mass is 428 g/mol. The van der Waals surface area contributed by atoms with Gasteiger partial charge < -0.3 is 9.15 Å². The molecule has 156 valence electrons. The van der Waals surface area contributed by atoms with Gasteiger partial charge in [-0.3, -0.25) is 20.2 Å². The van der Waals surface area contributed by atoms with Crippen LogP contribution in [0.3, 0.4) is 0 Å². The number of benzene rings is 3. The molecular weight excluding hydrogens is 416 g/mol. The Kier molecular flexibility index (Phi) is 5.29. The van der Waals surface area contributed by atoms with E-state index in [2.05, 4.69) is 4.98 Å². The lowest BCUT2D eigenvalue weighted by Crippen LogP contribution is -1.96. The molecule has 0 spiro atoms. The molecule has 0 fully saturated rings. The van der Waals surface area contributed by atoms with Crippen LogP contribution >= 0.6 is 0 Å². The molecule has 0 unspecified atom stereocenters. The van der Waals surface area contributed by atoms with Gasteiger partial charge in [0.05, 0.1) is 15.9 Å². The summed E-state index contributed by atoms with van der Waals surface area (Å²) < 4.78 is 11.2. The topological polar surface area (TPSA) is 145 Å². The number of oxazole rings is 1. The molecule has 10 nitrogen and oxygen atoms in total. The van der Waals surface area contributed by atoms with Crippen molar-refractivity contribution in [2.75, 3.05) is 0 Å². The number of non-ortho nitro benzene ring substituents is 1. The largest absolute Gasteiger partial charge is 0.450 e. The van der Waals surface area contributed by atoms with E-state index in [1.807, 2.05) is 12.1 Å². The average Bonchev–Trinajstić information content (AvgIpc) is 3.22. The second-order valence-corrected chi connectivity index (χ2v) is 6.50. The van der Waals surface area contributed by atoms with E-state index in [-0.39, 0.29) is 23.0 Å². The van der Waals surface area contributed by atoms with Crippen LogP contribution in [0.5, 0.6) is 11.5 Å². The minimum Gasteiger partial charge on any atom is -0.450 e. The van der Waals surface area contributed by atoms with Crippen LogP contribution < -0.4 is 4.74 Å². The van der Waals surface area contributed by atoms with E-state index in [0.717, 1.165) is 18.2 Å². The standard InChI is InChI=1S/C22H12N4O6/c23-13-15(22-24-18-6-1-2-7-20(18)32-22)10-14-4-3-5-17(11-14)31-21-9-8-16(25(27)28)12-19(21)26(29)30/h1-12H/b15-10-. The first-order chi connectivity index (χ1) is 15.4. The van der Waals surface area contributed by atoms with Crippen molar-refractivity contribution in [2.45, 2.75) is 0 Å². The predicted octanol–water partition coefficient (Wildman–Crippen LogP) is 5.50. The molecule has 32 heavy (non-hydrogen) atoms. The predicted molar refractivity (Wildman–Crippen MR) is 114 cm³/mol. The first kappa shape index (κ1) is 20.2. The maximum absolute atomic E-state index is 11.3. The van der Waals surface area contributed by atoms with Gasteiger partial charge in [0.15, 0.2) is 5.58 Å². The summed E-state index contributed by atoms with van der Waals surface area (Å²) in [5, 5.41) is 31.8. The molecule has 0 aliphatic heterocycles. The smallest absolute Gasteiger partial charge is 0.318 e. The number of aromatic nitrogens is 1. The first-order valence-electron chi connectivity index (χ1n) is 9.13. The van der Waals surface area contributed by atoms with Gasteiger partial charge in [0.25, 0.3) is 5.69 Å². The van der Waals surface area contributed by atoms with E-state index in [1.54, 1.807) is 48.5 Å². The molecule has 0 saturated carbocycles. The lowest BCUT2D eigenvalue weighted by molar-refractivity contribution is -0.394. The number of rotatable bonds is 6. The van der Waals surface area contributed by atoms with E-state index in [9.17, 15) is 25.5 Å². The van der Waals surface area contributed by atoms with Crippen LogP contribution in [0.4, 0.5) is 11.4 Å². The lowest BCUT2D eigenvalue weighted by Gasteiger charge is -2.07. The fourth-order valence-corrected chi connectivity index (χ4v) is 2.94. The van der Waals surface area contributed by atoms with E-state index in [4.69, 9.17) is 9.15 Å². The van der Waals surface area contributed by atoms with Crippen molar-refractivity contribution in [1.82, 2.24) is 4.98 Å². The van der Waals surface area contributed by atoms with Crippen LogP contribution in [0, 0.1) is 31.6 Å². The Labute approximate surface area is 179 Å². The average molecular weight is 428 g/mol. The molecule has 4 aromatic rings. The summed E-state index contributed by atoms with van der Waals surface area (Å²) in [6, 6.07) is 18.7. The van der Waals surface area contributed by atoms with E-state index < -0.39 is 21.2 Å². The Morgan fingerprint density at radius 2 is 1.84 bits per heavy atom. The van der Waals surface area contributed by atoms with Crippen LogP contribution in [0.25, 0.3) is 22.7 Å². The zero-order valence-electron chi connectivity index (χ0n) is 16.2. The Hall–Kier alpha value is -5.04. The summed E-state index contributed by atoms with van der Waals surface area (Å²) in [6.45, 7) is 0. The molecule has 0 bridgehead atoms. The molecule has 0 aliphatic rings. The summed E-state index contributed by atoms with van der Waals surface area (Å²) >= 11 is 0. The van der Waals surface area contributed by atoms with Gasteiger partial charge >= 0.3 is 5.69 Å². The number of ether oxygens (including phenoxy) is 1. The van der Waals surface area contributed by atoms with Crippen molar-refractivity contribution in [2.24, 2.45) is 0 Å². The molecule has 0 N–H and O–H groups in total. The van der Waals surface area contributed by atoms with Crippen LogP contribution in [0.15, 0.2) is 71.1 Å². The molecule has 1 aromatic heterocycles. The number of allylic oxidation sites excluding steroid dienone is 1. The molecule has 1 heterocycles. The first-order valence-corrected chi connectivity index (χ1v) is 9.13. The van der Waals surface area contributed by atoms with Crippen molar-refractivity contribution in [3.05, 3.63) is 98.4 Å². The van der Waals surface area contributed by atoms with Crippen LogP contribution in [0.2, 0.25) is 0 Å². The highest BCUT2D eigenvalue weighted by atomic mass is 16.6. The highest BCUT2D eigenvalue weighted by molar-refractivity contribution is 5.89. The Bertz CT molecular complexity index is 1400. The normalized spacial score (nSPS) is 11.2. The van der Waals surface area contributed by atoms with Gasteiger partial charge in [-0.2, -0.15) is 5.26 Å². The minimum atomic E-state index is -0.757. The number of hydrogen-bond donors (Lipinski definition) is 0. The fraction of sp³-hybridized carbons (Fsp3) is 0. The van der Waals surface area contributed by atoms with E-state index in [1.165, 1.54) is 0 Å². The molecule has 0 atom stereocenters. The summed E-state index contributed by atoms with van der Waals surface area (Å²) in [6.07, 6.45) is 1.54. The summed E-state index contributed by atoms with van der Waals surface area (Å²) in [5.74, 6) is 0.248. The molecule has 10 heteroatoms. The summed E-state index contributed by atoms with van der Waals surface area (Å²) in [4.78, 5) is 25.0. The van der Waals surface area contributed by atoms with Crippen LogP contribution in [0.1, 0.15) is 11.5 Å². The van der Waals surface area contributed by atoms with Gasteiger partial charge in [-0.1, -0.05) is 24.3 Å². The van der Waals surface area contributed by atoms with Gasteiger partial charge in [0, 0.05) is 6.07 Å². The lowest BCUT2D eigenvalue weighted by atomic mass is 10.1. The van der Waals surface area contributed by atoms with E-state index in [0.29, 0.717) is 16.7 Å². The zero-order valence-corrected chi connectivity index (χ0v) is 16.2. The maximum atomic E-state index is 11.3. The van der Waals surface area contributed by atoms with Gasteiger partial charge in [-0.15, -0.1) is 0 Å². The van der Waals surface area contributed by atoms with Crippen molar-refractivity contribution in [3.63, 3.8) is 0 Å². The quantitative estimate of drug-likeness (QED) is 0.222. The van der Waals surface area contributed by atoms with Gasteiger partial charge in [-0.25, -0.2) is 4.98 Å². The third kappa shape index (κ3) is 4.12. The number of nitro benzene ring substituents is 2. The zero-order chi connectivity index (χ0) is 22.7. The molecule has 0 saturated heterocycles. The Balaban J connectivity index is 1.66. The minimum absolute atomic E-state index is 0.152.